The van der Waals surface area contributed by atoms with Gasteiger partial charge in [-0.3, -0.25) is 4.79 Å². The van der Waals surface area contributed by atoms with Crippen molar-refractivity contribution in [3.63, 3.8) is 0 Å². The quantitative estimate of drug-likeness (QED) is 0.741. The topological polar surface area (TPSA) is 40.9 Å². The first-order chi connectivity index (χ1) is 10.1. The number of nitrogens with zero attached hydrogens (tertiary/aromatic N) is 1. The van der Waals surface area contributed by atoms with Crippen molar-refractivity contribution in [1.29, 1.82) is 5.26 Å². The van der Waals surface area contributed by atoms with E-state index in [4.69, 9.17) is 23.2 Å². The highest BCUT2D eigenvalue weighted by atomic mass is 35.5. The average molecular weight is 318 g/mol. The number of carbonyl (C=O) groups excluding carboxylic acids is 1. The van der Waals surface area contributed by atoms with Gasteiger partial charge in [-0.1, -0.05) is 60.5 Å². The summed E-state index contributed by atoms with van der Waals surface area (Å²) in [6, 6.07) is 14.2. The Labute approximate surface area is 133 Å². The molecule has 106 valence electrons. The van der Waals surface area contributed by atoms with Crippen molar-refractivity contribution in [3.05, 3.63) is 69.2 Å². The van der Waals surface area contributed by atoms with Crippen LogP contribution in [0, 0.1) is 11.3 Å². The highest BCUT2D eigenvalue weighted by Crippen LogP contribution is 2.29. The molecule has 0 saturated carbocycles. The van der Waals surface area contributed by atoms with Gasteiger partial charge in [-0.15, -0.1) is 0 Å². The Kier molecular flexibility index (Phi) is 5.01. The second-order valence-corrected chi connectivity index (χ2v) is 5.43. The first kappa shape index (κ1) is 15.6. The largest absolute Gasteiger partial charge is 0.292 e. The van der Waals surface area contributed by atoms with Crippen LogP contribution in [0.4, 0.5) is 0 Å². The Morgan fingerprint density at radius 2 is 1.90 bits per heavy atom. The summed E-state index contributed by atoms with van der Waals surface area (Å²) in [5, 5.41) is 10.1. The molecule has 2 rings (SSSR count). The summed E-state index contributed by atoms with van der Waals surface area (Å²) in [6.07, 6.45) is 0.738. The van der Waals surface area contributed by atoms with Crippen molar-refractivity contribution in [2.45, 2.75) is 19.3 Å². The third kappa shape index (κ3) is 3.26. The van der Waals surface area contributed by atoms with Gasteiger partial charge in [0.25, 0.3) is 0 Å². The lowest BCUT2D eigenvalue weighted by atomic mass is 9.89. The van der Waals surface area contributed by atoms with Crippen LogP contribution in [0.3, 0.4) is 0 Å². The molecule has 0 N–H and O–H groups in total. The molecule has 0 radical (unpaired) electrons. The van der Waals surface area contributed by atoms with E-state index in [0.717, 1.165) is 12.0 Å². The van der Waals surface area contributed by atoms with Crippen LogP contribution in [-0.2, 0) is 6.42 Å². The first-order valence-corrected chi connectivity index (χ1v) is 7.30. The molecule has 0 heterocycles. The number of carbonyl (C=O) groups is 1. The van der Waals surface area contributed by atoms with Crippen LogP contribution < -0.4 is 0 Å². The van der Waals surface area contributed by atoms with Gasteiger partial charge in [0.2, 0.25) is 0 Å². The number of Topliss-reactive ketones (excluding diaryl/α,β-unsaturated/α-hetero) is 1. The number of halogens is 2. The van der Waals surface area contributed by atoms with E-state index in [-0.39, 0.29) is 5.78 Å². The lowest BCUT2D eigenvalue weighted by Gasteiger charge is -2.12. The van der Waals surface area contributed by atoms with Crippen LogP contribution in [0.5, 0.6) is 0 Å². The lowest BCUT2D eigenvalue weighted by Crippen LogP contribution is -2.13. The Morgan fingerprint density at radius 1 is 1.19 bits per heavy atom. The highest BCUT2D eigenvalue weighted by Gasteiger charge is 2.23. The third-order valence-corrected chi connectivity index (χ3v) is 4.07. The molecule has 0 fully saturated rings. The molecule has 0 amide bonds. The summed E-state index contributed by atoms with van der Waals surface area (Å²) < 4.78 is 0. The van der Waals surface area contributed by atoms with E-state index in [1.807, 2.05) is 19.1 Å². The Bertz CT molecular complexity index is 719. The molecule has 1 atom stereocenters. The normalized spacial score (nSPS) is 11.7. The number of hydrogen-bond donors (Lipinski definition) is 0. The van der Waals surface area contributed by atoms with Crippen molar-refractivity contribution in [2.24, 2.45) is 0 Å². The van der Waals surface area contributed by atoms with Crippen LogP contribution in [0.15, 0.2) is 42.5 Å². The zero-order chi connectivity index (χ0) is 15.4. The minimum atomic E-state index is -0.882. The van der Waals surface area contributed by atoms with Gasteiger partial charge < -0.3 is 0 Å². The van der Waals surface area contributed by atoms with E-state index in [1.54, 1.807) is 30.3 Å². The number of rotatable bonds is 4. The highest BCUT2D eigenvalue weighted by molar-refractivity contribution is 6.42. The molecule has 2 nitrogen and oxygen atoms in total. The third-order valence-electron chi connectivity index (χ3n) is 3.33. The van der Waals surface area contributed by atoms with Gasteiger partial charge in [0.15, 0.2) is 5.78 Å². The lowest BCUT2D eigenvalue weighted by molar-refractivity contribution is 0.0978. The number of aryl methyl sites for hydroxylation is 1. The molecule has 0 aliphatic heterocycles. The molecule has 4 heteroatoms. The fourth-order valence-corrected chi connectivity index (χ4v) is 2.51. The summed E-state index contributed by atoms with van der Waals surface area (Å²) in [6.45, 7) is 1.98. The van der Waals surface area contributed by atoms with Crippen LogP contribution in [-0.4, -0.2) is 5.78 Å². The molecule has 0 aliphatic carbocycles. The molecule has 0 bridgehead atoms. The van der Waals surface area contributed by atoms with Crippen molar-refractivity contribution < 1.29 is 4.79 Å². The maximum absolute atomic E-state index is 12.7. The molecule has 2 aromatic carbocycles. The Hall–Kier alpha value is -1.82. The molecule has 1 unspecified atom stereocenters. The Balaban J connectivity index is 2.44. The summed E-state index contributed by atoms with van der Waals surface area (Å²) in [5.41, 5.74) is 2.07. The molecule has 0 aromatic heterocycles. The second-order valence-electron chi connectivity index (χ2n) is 4.61. The van der Waals surface area contributed by atoms with Gasteiger partial charge in [0.05, 0.1) is 16.1 Å². The Morgan fingerprint density at radius 3 is 2.52 bits per heavy atom. The van der Waals surface area contributed by atoms with E-state index >= 15 is 0 Å². The van der Waals surface area contributed by atoms with Gasteiger partial charge in [-0.25, -0.2) is 0 Å². The smallest absolute Gasteiger partial charge is 0.184 e. The molecule has 2 aromatic rings. The van der Waals surface area contributed by atoms with Gasteiger partial charge in [-0.05, 0) is 29.7 Å². The predicted molar refractivity (Wildman–Crippen MR) is 85.0 cm³/mol. The second kappa shape index (κ2) is 6.76. The van der Waals surface area contributed by atoms with E-state index in [2.05, 4.69) is 6.07 Å². The van der Waals surface area contributed by atoms with Crippen molar-refractivity contribution in [1.82, 2.24) is 0 Å². The van der Waals surface area contributed by atoms with Crippen LogP contribution in [0.25, 0.3) is 0 Å². The van der Waals surface area contributed by atoms with Gasteiger partial charge in [0, 0.05) is 5.56 Å². The predicted octanol–water partition coefficient (Wildman–Crippen LogP) is 5.05. The molecular formula is C17H13Cl2NO. The fraction of sp³-hybridized carbons (Fsp3) is 0.176. The van der Waals surface area contributed by atoms with Gasteiger partial charge in [-0.2, -0.15) is 5.26 Å². The number of ketones is 1. The minimum Gasteiger partial charge on any atom is -0.292 e. The molecule has 21 heavy (non-hydrogen) atoms. The summed E-state index contributed by atoms with van der Waals surface area (Å²) >= 11 is 11.8. The maximum atomic E-state index is 12.7. The van der Waals surface area contributed by atoms with Crippen LogP contribution >= 0.6 is 23.2 Å². The van der Waals surface area contributed by atoms with E-state index < -0.39 is 5.92 Å². The van der Waals surface area contributed by atoms with E-state index in [1.165, 1.54) is 0 Å². The van der Waals surface area contributed by atoms with E-state index in [9.17, 15) is 10.1 Å². The zero-order valence-electron chi connectivity index (χ0n) is 11.4. The fourth-order valence-electron chi connectivity index (χ4n) is 2.20. The van der Waals surface area contributed by atoms with Gasteiger partial charge in [0.1, 0.15) is 5.92 Å². The summed E-state index contributed by atoms with van der Waals surface area (Å²) in [4.78, 5) is 12.7. The van der Waals surface area contributed by atoms with Crippen molar-refractivity contribution in [2.75, 3.05) is 0 Å². The van der Waals surface area contributed by atoms with Crippen molar-refractivity contribution >= 4 is 29.0 Å². The zero-order valence-corrected chi connectivity index (χ0v) is 12.9. The SMILES string of the molecule is CCc1ccccc1C(=O)C(C#N)c1ccc(Cl)c(Cl)c1. The van der Waals surface area contributed by atoms with Gasteiger partial charge >= 0.3 is 0 Å². The molecule has 0 aliphatic rings. The van der Waals surface area contributed by atoms with Crippen LogP contribution in [0.2, 0.25) is 10.0 Å². The van der Waals surface area contributed by atoms with E-state index in [0.29, 0.717) is 21.2 Å². The van der Waals surface area contributed by atoms with Crippen molar-refractivity contribution in [3.8, 4) is 6.07 Å². The number of hydrogen-bond acceptors (Lipinski definition) is 2. The number of nitriles is 1. The average Bonchev–Trinajstić information content (AvgIpc) is 2.51. The first-order valence-electron chi connectivity index (χ1n) is 6.55. The number of benzene rings is 2. The monoisotopic (exact) mass is 317 g/mol. The minimum absolute atomic E-state index is 0.215. The maximum Gasteiger partial charge on any atom is 0.184 e. The molecule has 0 spiro atoms. The van der Waals surface area contributed by atoms with Crippen LogP contribution in [0.1, 0.15) is 34.3 Å². The molecular weight excluding hydrogens is 305 g/mol. The molecule has 0 saturated heterocycles. The summed E-state index contributed by atoms with van der Waals surface area (Å²) in [5.74, 6) is -1.10. The standard InChI is InChI=1S/C17H13Cl2NO/c1-2-11-5-3-4-6-13(11)17(21)14(10-20)12-7-8-15(18)16(19)9-12/h3-9,14H,2H2,1H3. The summed E-state index contributed by atoms with van der Waals surface area (Å²) in [7, 11) is 0.